The third-order valence-electron chi connectivity index (χ3n) is 1.32. The molecule has 0 aromatic carbocycles. The molecule has 0 saturated heterocycles. The van der Waals surface area contributed by atoms with Gasteiger partial charge in [-0.2, -0.15) is 0 Å². The summed E-state index contributed by atoms with van der Waals surface area (Å²) in [6.07, 6.45) is 1.38. The molecule has 1 rings (SSSR count). The molecule has 0 amide bonds. The molecule has 0 aliphatic rings. The minimum Gasteiger partial charge on any atom is -0.350 e. The van der Waals surface area contributed by atoms with Crippen molar-refractivity contribution < 1.29 is 9.59 Å². The van der Waals surface area contributed by atoms with Gasteiger partial charge in [-0.1, -0.05) is 0 Å². The first kappa shape index (κ1) is 6.74. The van der Waals surface area contributed by atoms with Crippen molar-refractivity contribution in [2.75, 3.05) is 0 Å². The van der Waals surface area contributed by atoms with Gasteiger partial charge in [0.05, 0.1) is 11.4 Å². The molecular weight excluding hydrogens is 130 g/mol. The normalized spacial score (nSPS) is 9.30. The molecule has 0 spiro atoms. The lowest BCUT2D eigenvalue weighted by molar-refractivity contribution is 0.111. The van der Waals surface area contributed by atoms with Gasteiger partial charge in [-0.25, -0.2) is 0 Å². The summed E-state index contributed by atoms with van der Waals surface area (Å²) in [6.45, 7) is 1.77. The fraction of sp³-hybridized carbons (Fsp3) is 0.143. The molecule has 10 heavy (non-hydrogen) atoms. The van der Waals surface area contributed by atoms with Gasteiger partial charge in [-0.15, -0.1) is 0 Å². The van der Waals surface area contributed by atoms with Crippen LogP contribution in [-0.4, -0.2) is 17.6 Å². The summed E-state index contributed by atoms with van der Waals surface area (Å²) in [4.78, 5) is 23.0. The van der Waals surface area contributed by atoms with Crippen molar-refractivity contribution in [2.24, 2.45) is 0 Å². The van der Waals surface area contributed by atoms with E-state index in [0.717, 1.165) is 5.56 Å². The first-order valence-electron chi connectivity index (χ1n) is 2.88. The molecule has 3 heteroatoms. The topological polar surface area (TPSA) is 49.9 Å². The number of hydrogen-bond donors (Lipinski definition) is 1. The SMILES string of the molecule is Cc1cc(C=O)[nH]c1C=O. The van der Waals surface area contributed by atoms with Gasteiger partial charge in [-0.05, 0) is 18.6 Å². The Morgan fingerprint density at radius 2 is 2.10 bits per heavy atom. The van der Waals surface area contributed by atoms with Crippen LogP contribution in [0, 0.1) is 6.92 Å². The van der Waals surface area contributed by atoms with Crippen molar-refractivity contribution in [3.63, 3.8) is 0 Å². The van der Waals surface area contributed by atoms with E-state index in [0.29, 0.717) is 24.0 Å². The molecule has 0 unspecified atom stereocenters. The summed E-state index contributed by atoms with van der Waals surface area (Å²) in [5.41, 5.74) is 1.72. The Hall–Kier alpha value is -1.38. The first-order valence-corrected chi connectivity index (χ1v) is 2.88. The average Bonchev–Trinajstić information content (AvgIpc) is 2.30. The average molecular weight is 137 g/mol. The van der Waals surface area contributed by atoms with E-state index in [1.54, 1.807) is 13.0 Å². The maximum atomic E-state index is 10.2. The highest BCUT2D eigenvalue weighted by Crippen LogP contribution is 2.04. The monoisotopic (exact) mass is 137 g/mol. The Morgan fingerprint density at radius 1 is 1.40 bits per heavy atom. The number of hydrogen-bond acceptors (Lipinski definition) is 2. The summed E-state index contributed by atoms with van der Waals surface area (Å²) < 4.78 is 0. The molecule has 3 nitrogen and oxygen atoms in total. The highest BCUT2D eigenvalue weighted by atomic mass is 16.1. The van der Waals surface area contributed by atoms with Crippen LogP contribution in [0.3, 0.4) is 0 Å². The van der Waals surface area contributed by atoms with Crippen LogP contribution in [0.25, 0.3) is 0 Å². The third-order valence-corrected chi connectivity index (χ3v) is 1.32. The molecule has 0 aliphatic carbocycles. The third kappa shape index (κ3) is 0.978. The number of aromatic nitrogens is 1. The lowest BCUT2D eigenvalue weighted by Crippen LogP contribution is -1.82. The van der Waals surface area contributed by atoms with E-state index < -0.39 is 0 Å². The summed E-state index contributed by atoms with van der Waals surface area (Å²) in [7, 11) is 0. The van der Waals surface area contributed by atoms with E-state index in [1.165, 1.54) is 0 Å². The summed E-state index contributed by atoms with van der Waals surface area (Å²) in [6, 6.07) is 1.64. The van der Waals surface area contributed by atoms with Gasteiger partial charge in [-0.3, -0.25) is 9.59 Å². The number of carbonyl (C=O) groups is 2. The quantitative estimate of drug-likeness (QED) is 0.617. The van der Waals surface area contributed by atoms with Gasteiger partial charge in [0.2, 0.25) is 0 Å². The molecule has 0 atom stereocenters. The maximum Gasteiger partial charge on any atom is 0.166 e. The molecule has 0 saturated carbocycles. The van der Waals surface area contributed by atoms with Crippen molar-refractivity contribution in [2.45, 2.75) is 6.92 Å². The smallest absolute Gasteiger partial charge is 0.166 e. The van der Waals surface area contributed by atoms with Gasteiger partial charge in [0.25, 0.3) is 0 Å². The number of carbonyl (C=O) groups excluding carboxylic acids is 2. The molecule has 0 fully saturated rings. The number of aldehydes is 2. The highest BCUT2D eigenvalue weighted by molar-refractivity contribution is 5.80. The molecule has 1 heterocycles. The van der Waals surface area contributed by atoms with Gasteiger partial charge < -0.3 is 4.98 Å². The Kier molecular flexibility index (Phi) is 1.67. The number of nitrogens with one attached hydrogen (secondary N) is 1. The largest absolute Gasteiger partial charge is 0.350 e. The predicted molar refractivity (Wildman–Crippen MR) is 36.3 cm³/mol. The molecule has 1 aromatic heterocycles. The van der Waals surface area contributed by atoms with E-state index in [9.17, 15) is 9.59 Å². The van der Waals surface area contributed by atoms with Crippen molar-refractivity contribution in [1.82, 2.24) is 4.98 Å². The van der Waals surface area contributed by atoms with Crippen LogP contribution in [0.2, 0.25) is 0 Å². The first-order chi connectivity index (χ1) is 4.77. The molecule has 0 radical (unpaired) electrons. The van der Waals surface area contributed by atoms with Crippen LogP contribution in [-0.2, 0) is 0 Å². The predicted octanol–water partition coefficient (Wildman–Crippen LogP) is 0.948. The lowest BCUT2D eigenvalue weighted by Gasteiger charge is -1.81. The van der Waals surface area contributed by atoms with Gasteiger partial charge in [0.15, 0.2) is 12.6 Å². The number of rotatable bonds is 2. The van der Waals surface area contributed by atoms with Crippen LogP contribution in [0.5, 0.6) is 0 Å². The van der Waals surface area contributed by atoms with E-state index in [4.69, 9.17) is 0 Å². The van der Waals surface area contributed by atoms with E-state index in [1.807, 2.05) is 0 Å². The summed E-state index contributed by atoms with van der Waals surface area (Å²) in [5.74, 6) is 0. The van der Waals surface area contributed by atoms with Gasteiger partial charge >= 0.3 is 0 Å². The lowest BCUT2D eigenvalue weighted by atomic mass is 10.3. The Labute approximate surface area is 58.1 Å². The maximum absolute atomic E-state index is 10.2. The zero-order valence-electron chi connectivity index (χ0n) is 5.55. The van der Waals surface area contributed by atoms with Crippen molar-refractivity contribution in [3.8, 4) is 0 Å². The standard InChI is InChI=1S/C7H7NO2/c1-5-2-6(3-9)8-7(5)4-10/h2-4,8H,1H3. The Morgan fingerprint density at radius 3 is 2.40 bits per heavy atom. The van der Waals surface area contributed by atoms with Crippen LogP contribution in [0.1, 0.15) is 26.5 Å². The Bertz CT molecular complexity index is 263. The van der Waals surface area contributed by atoms with Crippen LogP contribution in [0.4, 0.5) is 0 Å². The molecule has 1 N–H and O–H groups in total. The minimum absolute atomic E-state index is 0.444. The zero-order valence-corrected chi connectivity index (χ0v) is 5.55. The Balaban J connectivity index is 3.15. The van der Waals surface area contributed by atoms with Crippen molar-refractivity contribution in [1.29, 1.82) is 0 Å². The van der Waals surface area contributed by atoms with E-state index >= 15 is 0 Å². The summed E-state index contributed by atoms with van der Waals surface area (Å²) >= 11 is 0. The van der Waals surface area contributed by atoms with E-state index in [-0.39, 0.29) is 0 Å². The second-order valence-corrected chi connectivity index (χ2v) is 2.06. The molecule has 0 aliphatic heterocycles. The van der Waals surface area contributed by atoms with Gasteiger partial charge in [0, 0.05) is 0 Å². The summed E-state index contributed by atoms with van der Waals surface area (Å²) in [5, 5.41) is 0. The highest BCUT2D eigenvalue weighted by Gasteiger charge is 2.00. The molecule has 1 aromatic rings. The van der Waals surface area contributed by atoms with Gasteiger partial charge in [0.1, 0.15) is 0 Å². The number of H-pyrrole nitrogens is 1. The van der Waals surface area contributed by atoms with Crippen LogP contribution < -0.4 is 0 Å². The zero-order chi connectivity index (χ0) is 7.56. The minimum atomic E-state index is 0.444. The number of aromatic amines is 1. The molecule has 0 bridgehead atoms. The molecular formula is C7H7NO2. The number of aryl methyl sites for hydroxylation is 1. The fourth-order valence-electron chi connectivity index (χ4n) is 0.787. The fourth-order valence-corrected chi connectivity index (χ4v) is 0.787. The van der Waals surface area contributed by atoms with Crippen LogP contribution >= 0.6 is 0 Å². The second kappa shape index (κ2) is 2.47. The molecule has 52 valence electrons. The van der Waals surface area contributed by atoms with E-state index in [2.05, 4.69) is 4.98 Å². The van der Waals surface area contributed by atoms with Crippen molar-refractivity contribution >= 4 is 12.6 Å². The van der Waals surface area contributed by atoms with Crippen LogP contribution in [0.15, 0.2) is 6.07 Å². The van der Waals surface area contributed by atoms with Crippen molar-refractivity contribution in [3.05, 3.63) is 23.0 Å². The second-order valence-electron chi connectivity index (χ2n) is 2.06.